The van der Waals surface area contributed by atoms with Crippen molar-refractivity contribution >= 4 is 0 Å². The van der Waals surface area contributed by atoms with Gasteiger partial charge in [-0.2, -0.15) is 0 Å². The van der Waals surface area contributed by atoms with E-state index in [0.29, 0.717) is 6.61 Å². The number of hydrogen-bond acceptors (Lipinski definition) is 3. The van der Waals surface area contributed by atoms with Crippen LogP contribution in [0.4, 0.5) is 0 Å². The van der Waals surface area contributed by atoms with Crippen LogP contribution in [0.5, 0.6) is 11.5 Å². The Morgan fingerprint density at radius 3 is 1.85 bits per heavy atom. The molecular formula is C30H32O3. The normalized spacial score (nSPS) is 24.8. The number of epoxide rings is 1. The first-order valence-corrected chi connectivity index (χ1v) is 12.2. The molecule has 3 aromatic carbocycles. The molecule has 1 aliphatic heterocycles. The van der Waals surface area contributed by atoms with Crippen LogP contribution in [-0.4, -0.2) is 25.9 Å². The van der Waals surface area contributed by atoms with Gasteiger partial charge in [-0.3, -0.25) is 0 Å². The van der Waals surface area contributed by atoms with Crippen molar-refractivity contribution in [2.45, 2.75) is 50.0 Å². The third kappa shape index (κ3) is 3.93. The second-order valence-electron chi connectivity index (χ2n) is 10.6. The summed E-state index contributed by atoms with van der Waals surface area (Å²) in [5, 5.41) is 0. The summed E-state index contributed by atoms with van der Waals surface area (Å²) in [6, 6.07) is 26.5. The number of hydrogen-bond donors (Lipinski definition) is 0. The average Bonchev–Trinajstić information content (AvgIpc) is 3.76. The minimum atomic E-state index is -0.201. The zero-order valence-electron chi connectivity index (χ0n) is 19.6. The predicted molar refractivity (Wildman–Crippen MR) is 130 cm³/mol. The van der Waals surface area contributed by atoms with Crippen molar-refractivity contribution in [3.8, 4) is 11.5 Å². The summed E-state index contributed by atoms with van der Waals surface area (Å²) in [6.07, 6.45) is 3.90. The van der Waals surface area contributed by atoms with Gasteiger partial charge in [0.25, 0.3) is 0 Å². The Hall–Kier alpha value is -2.78. The maximum atomic E-state index is 6.04. The van der Waals surface area contributed by atoms with Crippen molar-refractivity contribution in [2.75, 3.05) is 19.8 Å². The molecule has 0 N–H and O–H groups in total. The Labute approximate surface area is 196 Å². The molecule has 3 aliphatic rings. The lowest BCUT2D eigenvalue weighted by Gasteiger charge is -2.34. The van der Waals surface area contributed by atoms with Gasteiger partial charge >= 0.3 is 0 Å². The van der Waals surface area contributed by atoms with E-state index in [1.165, 1.54) is 35.1 Å². The summed E-state index contributed by atoms with van der Waals surface area (Å²) in [5.41, 5.74) is 5.34. The first-order chi connectivity index (χ1) is 16.0. The summed E-state index contributed by atoms with van der Waals surface area (Å²) in [6.45, 7) is 7.02. The molecule has 3 nitrogen and oxygen atoms in total. The molecule has 0 radical (unpaired) electrons. The van der Waals surface area contributed by atoms with E-state index in [1.807, 2.05) is 0 Å². The van der Waals surface area contributed by atoms with Crippen molar-refractivity contribution in [2.24, 2.45) is 5.92 Å². The van der Waals surface area contributed by atoms with E-state index in [9.17, 15) is 0 Å². The van der Waals surface area contributed by atoms with Crippen LogP contribution in [0.25, 0.3) is 0 Å². The highest BCUT2D eigenvalue weighted by Gasteiger charge is 2.49. The molecule has 0 aromatic heterocycles. The smallest absolute Gasteiger partial charge is 0.119 e. The van der Waals surface area contributed by atoms with Crippen LogP contribution in [0, 0.1) is 5.92 Å². The lowest BCUT2D eigenvalue weighted by molar-refractivity contribution is 0.263. The summed E-state index contributed by atoms with van der Waals surface area (Å²) in [4.78, 5) is 0. The van der Waals surface area contributed by atoms with E-state index in [4.69, 9.17) is 14.2 Å². The van der Waals surface area contributed by atoms with Crippen molar-refractivity contribution in [3.63, 3.8) is 0 Å². The Kier molecular flexibility index (Phi) is 4.99. The van der Waals surface area contributed by atoms with E-state index < -0.39 is 0 Å². The maximum absolute atomic E-state index is 6.04. The van der Waals surface area contributed by atoms with Gasteiger partial charge in [0.1, 0.15) is 24.2 Å². The molecule has 1 heterocycles. The fourth-order valence-corrected chi connectivity index (χ4v) is 5.50. The molecule has 0 amide bonds. The molecule has 33 heavy (non-hydrogen) atoms. The molecule has 1 saturated carbocycles. The number of rotatable bonds is 8. The minimum Gasteiger partial charge on any atom is -0.493 e. The summed E-state index contributed by atoms with van der Waals surface area (Å²) >= 11 is 0. The zero-order chi connectivity index (χ0) is 22.5. The molecule has 1 saturated heterocycles. The lowest BCUT2D eigenvalue weighted by Crippen LogP contribution is -2.28. The Morgan fingerprint density at radius 1 is 0.758 bits per heavy atom. The largest absolute Gasteiger partial charge is 0.493 e. The standard InChI is InChI=1S/C30H32O3/c1-29(2)20-30(28-6-4-3-5-27(28)29,22-9-13-24(14-10-22)31-17-21-7-8-21)23-11-15-25(16-12-23)32-18-26-19-33-26/h3-6,9-16,21,26H,7-8,17-20H2,1-2H3. The van der Waals surface area contributed by atoms with Crippen LogP contribution < -0.4 is 9.47 Å². The molecule has 2 unspecified atom stereocenters. The van der Waals surface area contributed by atoms with Gasteiger partial charge in [0, 0.05) is 5.41 Å². The lowest BCUT2D eigenvalue weighted by atomic mass is 9.68. The van der Waals surface area contributed by atoms with Gasteiger partial charge in [-0.15, -0.1) is 0 Å². The first kappa shape index (κ1) is 20.8. The predicted octanol–water partition coefficient (Wildman–Crippen LogP) is 6.27. The minimum absolute atomic E-state index is 0.0796. The molecule has 2 fully saturated rings. The second-order valence-corrected chi connectivity index (χ2v) is 10.6. The monoisotopic (exact) mass is 440 g/mol. The fourth-order valence-electron chi connectivity index (χ4n) is 5.50. The molecule has 170 valence electrons. The van der Waals surface area contributed by atoms with Crippen molar-refractivity contribution < 1.29 is 14.2 Å². The van der Waals surface area contributed by atoms with Crippen LogP contribution in [0.3, 0.4) is 0 Å². The van der Waals surface area contributed by atoms with Gasteiger partial charge in [-0.25, -0.2) is 0 Å². The third-order valence-corrected chi connectivity index (χ3v) is 7.54. The third-order valence-electron chi connectivity index (χ3n) is 7.54. The van der Waals surface area contributed by atoms with Crippen molar-refractivity contribution in [1.82, 2.24) is 0 Å². The van der Waals surface area contributed by atoms with Gasteiger partial charge in [0.15, 0.2) is 0 Å². The Bertz CT molecular complexity index is 1060. The Morgan fingerprint density at radius 2 is 1.30 bits per heavy atom. The van der Waals surface area contributed by atoms with E-state index in [1.54, 1.807) is 0 Å². The van der Waals surface area contributed by atoms with Crippen LogP contribution in [-0.2, 0) is 15.6 Å². The average molecular weight is 441 g/mol. The molecular weight excluding hydrogens is 408 g/mol. The van der Waals surface area contributed by atoms with Crippen molar-refractivity contribution in [1.29, 1.82) is 0 Å². The SMILES string of the molecule is CC1(C)CC(c2ccc(OCC3CC3)cc2)(c2ccc(OCC3CO3)cc2)c2ccccc21. The summed E-state index contributed by atoms with van der Waals surface area (Å²) < 4.78 is 17.2. The maximum Gasteiger partial charge on any atom is 0.119 e. The van der Waals surface area contributed by atoms with Gasteiger partial charge in [-0.05, 0) is 77.1 Å². The molecule has 6 rings (SSSR count). The topological polar surface area (TPSA) is 31.0 Å². The van der Waals surface area contributed by atoms with Gasteiger partial charge in [-0.1, -0.05) is 62.4 Å². The highest BCUT2D eigenvalue weighted by molar-refractivity contribution is 5.60. The molecule has 2 atom stereocenters. The van der Waals surface area contributed by atoms with Gasteiger partial charge in [0.05, 0.1) is 13.2 Å². The number of ether oxygens (including phenoxy) is 3. The fraction of sp³-hybridized carbons (Fsp3) is 0.400. The molecule has 2 aliphatic carbocycles. The Balaban J connectivity index is 1.39. The highest BCUT2D eigenvalue weighted by atomic mass is 16.6. The summed E-state index contributed by atoms with van der Waals surface area (Å²) in [7, 11) is 0. The van der Waals surface area contributed by atoms with Gasteiger partial charge < -0.3 is 14.2 Å². The van der Waals surface area contributed by atoms with Gasteiger partial charge in [0.2, 0.25) is 0 Å². The quantitative estimate of drug-likeness (QED) is 0.387. The van der Waals surface area contributed by atoms with Crippen molar-refractivity contribution in [3.05, 3.63) is 95.1 Å². The molecule has 0 bridgehead atoms. The van der Waals surface area contributed by atoms with Crippen LogP contribution >= 0.6 is 0 Å². The molecule has 3 heteroatoms. The van der Waals surface area contributed by atoms with E-state index >= 15 is 0 Å². The summed E-state index contributed by atoms with van der Waals surface area (Å²) in [5.74, 6) is 2.63. The highest BCUT2D eigenvalue weighted by Crippen LogP contribution is 2.56. The second kappa shape index (κ2) is 7.92. The zero-order valence-corrected chi connectivity index (χ0v) is 19.6. The first-order valence-electron chi connectivity index (χ1n) is 12.2. The number of benzene rings is 3. The number of fused-ring (bicyclic) bond motifs is 1. The van der Waals surface area contributed by atoms with Crippen LogP contribution in [0.2, 0.25) is 0 Å². The molecule has 3 aromatic rings. The van der Waals surface area contributed by atoms with E-state index in [-0.39, 0.29) is 16.9 Å². The molecule has 0 spiro atoms. The van der Waals surface area contributed by atoms with Crippen LogP contribution in [0.15, 0.2) is 72.8 Å². The van der Waals surface area contributed by atoms with E-state index in [0.717, 1.165) is 37.1 Å². The van der Waals surface area contributed by atoms with Crippen LogP contribution in [0.1, 0.15) is 55.4 Å². The van der Waals surface area contributed by atoms with E-state index in [2.05, 4.69) is 86.6 Å².